The molecule has 0 unspecified atom stereocenters. The minimum Gasteiger partial charge on any atom is -0.507 e. The van der Waals surface area contributed by atoms with Crippen LogP contribution in [0.5, 0.6) is 5.75 Å². The summed E-state index contributed by atoms with van der Waals surface area (Å²) in [6.07, 6.45) is 0.410. The van der Waals surface area contributed by atoms with Crippen molar-refractivity contribution in [3.63, 3.8) is 0 Å². The van der Waals surface area contributed by atoms with Gasteiger partial charge in [0.25, 0.3) is 0 Å². The van der Waals surface area contributed by atoms with Crippen molar-refractivity contribution in [1.29, 1.82) is 0 Å². The number of benzene rings is 3. The van der Waals surface area contributed by atoms with E-state index in [1.807, 2.05) is 91.5 Å². The Balaban J connectivity index is 1.27. The molecule has 1 N–H and O–H groups in total. The molecule has 0 spiro atoms. The molecular weight excluding hydrogens is 688 g/mol. The minimum atomic E-state index is -0.498. The van der Waals surface area contributed by atoms with Crippen LogP contribution in [0.1, 0.15) is 45.2 Å². The molecule has 0 aliphatic heterocycles. The summed E-state index contributed by atoms with van der Waals surface area (Å²) in [6, 6.07) is 17.5. The first-order valence-electron chi connectivity index (χ1n) is 16.4. The van der Waals surface area contributed by atoms with E-state index in [-0.39, 0.29) is 18.1 Å². The number of fused-ring (bicyclic) bond motifs is 2. The van der Waals surface area contributed by atoms with Crippen molar-refractivity contribution in [2.24, 2.45) is 21.1 Å². The summed E-state index contributed by atoms with van der Waals surface area (Å²) in [4.78, 5) is 28.4. The number of phenols is 1. The van der Waals surface area contributed by atoms with E-state index in [1.165, 1.54) is 14.2 Å². The molecule has 3 aromatic heterocycles. The van der Waals surface area contributed by atoms with Gasteiger partial charge in [-0.15, -0.1) is 11.8 Å². The number of ether oxygens (including phenoxy) is 2. The van der Waals surface area contributed by atoms with Gasteiger partial charge in [0.1, 0.15) is 11.4 Å². The fraction of sp³-hybridized carbons (Fsp3) is 0.316. The van der Waals surface area contributed by atoms with Crippen LogP contribution in [0.2, 0.25) is 5.02 Å². The van der Waals surface area contributed by atoms with Gasteiger partial charge in [0.2, 0.25) is 0 Å². The maximum Gasteiger partial charge on any atom is 0.354 e. The zero-order chi connectivity index (χ0) is 36.6. The quantitative estimate of drug-likeness (QED) is 0.106. The molecule has 3 aromatic carbocycles. The average Bonchev–Trinajstić information content (AvgIpc) is 3.70. The summed E-state index contributed by atoms with van der Waals surface area (Å²) in [7, 11) is 10.4. The highest BCUT2D eigenvalue weighted by molar-refractivity contribution is 7.98. The topological polar surface area (TPSA) is 117 Å². The van der Waals surface area contributed by atoms with Crippen LogP contribution in [-0.4, -0.2) is 67.3 Å². The van der Waals surface area contributed by atoms with Crippen molar-refractivity contribution in [3.05, 3.63) is 93.7 Å². The molecule has 0 radical (unpaired) electrons. The Bertz CT molecular complexity index is 2290. The Hall–Kier alpha value is -4.78. The van der Waals surface area contributed by atoms with E-state index in [2.05, 4.69) is 17.0 Å². The summed E-state index contributed by atoms with van der Waals surface area (Å²) < 4.78 is 15.6. The van der Waals surface area contributed by atoms with E-state index in [0.29, 0.717) is 41.5 Å². The number of hydrogen-bond acceptors (Lipinski definition) is 9. The first-order valence-corrected chi connectivity index (χ1v) is 17.8. The number of aryl methyl sites for hydroxylation is 4. The van der Waals surface area contributed by atoms with Crippen LogP contribution in [0.3, 0.4) is 0 Å². The molecule has 6 aromatic rings. The van der Waals surface area contributed by atoms with Gasteiger partial charge in [-0.2, -0.15) is 10.2 Å². The summed E-state index contributed by atoms with van der Waals surface area (Å²) in [5.41, 5.74) is 7.20. The van der Waals surface area contributed by atoms with E-state index < -0.39 is 5.97 Å². The van der Waals surface area contributed by atoms with Crippen LogP contribution in [0.15, 0.2) is 59.5 Å². The van der Waals surface area contributed by atoms with Crippen molar-refractivity contribution in [2.45, 2.75) is 43.5 Å². The Morgan fingerprint density at radius 1 is 0.941 bits per heavy atom. The van der Waals surface area contributed by atoms with E-state index in [4.69, 9.17) is 31.3 Å². The van der Waals surface area contributed by atoms with Crippen molar-refractivity contribution < 1.29 is 24.2 Å². The maximum atomic E-state index is 13.1. The van der Waals surface area contributed by atoms with Crippen LogP contribution in [-0.2, 0) is 60.7 Å². The summed E-state index contributed by atoms with van der Waals surface area (Å²) in [5.74, 6) is 0.110. The van der Waals surface area contributed by atoms with E-state index in [1.54, 1.807) is 11.8 Å². The third kappa shape index (κ3) is 7.08. The zero-order valence-corrected chi connectivity index (χ0v) is 31.4. The molecule has 0 saturated heterocycles. The molecule has 6 rings (SSSR count). The lowest BCUT2D eigenvalue weighted by atomic mass is 9.98. The zero-order valence-electron chi connectivity index (χ0n) is 29.8. The van der Waals surface area contributed by atoms with Crippen LogP contribution in [0.4, 0.5) is 0 Å². The standard InChI is InChI=1S/C38H41ClN6O5S/c1-22-34(35-30(39)14-12-28-29(13-15-33(47)49-6)37(38(48)50-7)43(3)36(28)35)31(41-44(22)4)20-42(2)19-24-17-25(45(5)40-24)21-51-26-16-23-10-8-9-11-27(23)32(46)18-26/h8-12,14,16-18,46H,13,15,19-21H2,1-7H3. The molecule has 13 heteroatoms. The number of thioether (sulfide) groups is 1. The molecule has 0 fully saturated rings. The third-order valence-corrected chi connectivity index (χ3v) is 10.7. The van der Waals surface area contributed by atoms with Crippen molar-refractivity contribution in [2.75, 3.05) is 21.3 Å². The number of phenolic OH excluding ortho intramolecular Hbond substituents is 1. The highest BCUT2D eigenvalue weighted by atomic mass is 35.5. The van der Waals surface area contributed by atoms with E-state index in [9.17, 15) is 14.7 Å². The number of rotatable bonds is 12. The van der Waals surface area contributed by atoms with Gasteiger partial charge in [-0.05, 0) is 55.6 Å². The van der Waals surface area contributed by atoms with Gasteiger partial charge in [0.15, 0.2) is 0 Å². The Morgan fingerprint density at radius 3 is 2.45 bits per heavy atom. The van der Waals surface area contributed by atoms with Crippen LogP contribution in [0, 0.1) is 6.92 Å². The molecule has 0 atom stereocenters. The molecule has 51 heavy (non-hydrogen) atoms. The van der Waals surface area contributed by atoms with Crippen LogP contribution >= 0.6 is 23.4 Å². The Labute approximate surface area is 305 Å². The van der Waals surface area contributed by atoms with Gasteiger partial charge in [0, 0.05) is 84.6 Å². The molecule has 0 aliphatic rings. The summed E-state index contributed by atoms with van der Waals surface area (Å²) in [5, 5.41) is 23.4. The lowest BCUT2D eigenvalue weighted by Crippen LogP contribution is -2.18. The number of carbonyl (C=O) groups is 2. The molecule has 266 valence electrons. The first-order chi connectivity index (χ1) is 24.4. The Morgan fingerprint density at radius 2 is 1.71 bits per heavy atom. The monoisotopic (exact) mass is 728 g/mol. The van der Waals surface area contributed by atoms with Crippen LogP contribution < -0.4 is 0 Å². The molecule has 3 heterocycles. The van der Waals surface area contributed by atoms with Gasteiger partial charge in [-0.1, -0.05) is 41.9 Å². The molecule has 0 bridgehead atoms. The number of esters is 2. The van der Waals surface area contributed by atoms with Crippen LogP contribution in [0.25, 0.3) is 32.8 Å². The number of halogens is 1. The highest BCUT2D eigenvalue weighted by Crippen LogP contribution is 2.42. The first kappa shape index (κ1) is 36.0. The number of aromatic hydroxyl groups is 1. The predicted molar refractivity (Wildman–Crippen MR) is 200 cm³/mol. The van der Waals surface area contributed by atoms with Crippen molar-refractivity contribution >= 4 is 57.0 Å². The fourth-order valence-electron chi connectivity index (χ4n) is 6.77. The lowest BCUT2D eigenvalue weighted by molar-refractivity contribution is -0.140. The van der Waals surface area contributed by atoms with Crippen molar-refractivity contribution in [3.8, 4) is 16.9 Å². The second-order valence-electron chi connectivity index (χ2n) is 12.7. The summed E-state index contributed by atoms with van der Waals surface area (Å²) in [6.45, 7) is 3.09. The fourth-order valence-corrected chi connectivity index (χ4v) is 8.00. The van der Waals surface area contributed by atoms with E-state index in [0.717, 1.165) is 60.5 Å². The largest absolute Gasteiger partial charge is 0.507 e. The lowest BCUT2D eigenvalue weighted by Gasteiger charge is -2.16. The molecule has 11 nitrogen and oxygen atoms in total. The number of nitrogens with zero attached hydrogens (tertiary/aromatic N) is 6. The van der Waals surface area contributed by atoms with E-state index >= 15 is 0 Å². The number of hydrogen-bond donors (Lipinski definition) is 1. The number of aromatic nitrogens is 5. The number of carbonyl (C=O) groups excluding carboxylic acids is 2. The maximum absolute atomic E-state index is 13.1. The Kier molecular flexibility index (Phi) is 10.5. The van der Waals surface area contributed by atoms with Gasteiger partial charge in [0.05, 0.1) is 36.1 Å². The molecule has 0 aliphatic carbocycles. The predicted octanol–water partition coefficient (Wildman–Crippen LogP) is 6.95. The SMILES string of the molecule is COC(=O)CCc1c(C(=O)OC)n(C)c2c(-c3c(CN(C)Cc4cc(CSc5cc(O)c6ccccc6c5)n(C)n4)nn(C)c3C)c(Cl)ccc12. The smallest absolute Gasteiger partial charge is 0.354 e. The molecule has 0 saturated carbocycles. The van der Waals surface area contributed by atoms with Crippen molar-refractivity contribution in [1.82, 2.24) is 29.0 Å². The summed E-state index contributed by atoms with van der Waals surface area (Å²) >= 11 is 8.66. The van der Waals surface area contributed by atoms with Gasteiger partial charge >= 0.3 is 11.9 Å². The van der Waals surface area contributed by atoms with Gasteiger partial charge in [-0.3, -0.25) is 19.1 Å². The normalized spacial score (nSPS) is 11.6. The third-order valence-electron chi connectivity index (χ3n) is 9.33. The van der Waals surface area contributed by atoms with Gasteiger partial charge < -0.3 is 19.1 Å². The second kappa shape index (κ2) is 14.8. The average molecular weight is 729 g/mol. The second-order valence-corrected chi connectivity index (χ2v) is 14.1. The molecule has 0 amide bonds. The number of methoxy groups -OCH3 is 2. The van der Waals surface area contributed by atoms with Gasteiger partial charge in [-0.25, -0.2) is 4.79 Å². The minimum absolute atomic E-state index is 0.112. The highest BCUT2D eigenvalue weighted by Gasteiger charge is 2.28. The molecular formula is C38H41ClN6O5S.